The van der Waals surface area contributed by atoms with Crippen molar-refractivity contribution in [3.8, 4) is 0 Å². The Kier molecular flexibility index (Phi) is 3.98. The maximum atomic E-state index is 11.3. The lowest BCUT2D eigenvalue weighted by molar-refractivity contribution is -0.135. The van der Waals surface area contributed by atoms with Crippen molar-refractivity contribution < 1.29 is 9.53 Å². The molecule has 1 atom stereocenters. The van der Waals surface area contributed by atoms with Gasteiger partial charge in [0.2, 0.25) is 5.91 Å². The summed E-state index contributed by atoms with van der Waals surface area (Å²) in [5, 5.41) is 3.31. The lowest BCUT2D eigenvalue weighted by Gasteiger charge is -2.32. The number of morpholine rings is 1. The van der Waals surface area contributed by atoms with Crippen molar-refractivity contribution in [2.45, 2.75) is 13.0 Å². The molecule has 0 saturated carbocycles. The van der Waals surface area contributed by atoms with Gasteiger partial charge in [0.25, 0.3) is 0 Å². The largest absolute Gasteiger partial charge is 0.382 e. The van der Waals surface area contributed by atoms with Crippen molar-refractivity contribution in [1.82, 2.24) is 4.90 Å². The quantitative estimate of drug-likeness (QED) is 0.858. The number of hydrogen-bond acceptors (Lipinski definition) is 3. The Bertz CT molecular complexity index is 367. The Hall–Kier alpha value is -1.55. The zero-order valence-electron chi connectivity index (χ0n) is 10.1. The second-order valence-electron chi connectivity index (χ2n) is 4.20. The summed E-state index contributed by atoms with van der Waals surface area (Å²) in [6.45, 7) is 4.34. The van der Waals surface area contributed by atoms with Gasteiger partial charge in [-0.25, -0.2) is 0 Å². The molecule has 1 unspecified atom stereocenters. The van der Waals surface area contributed by atoms with Gasteiger partial charge in [-0.3, -0.25) is 4.79 Å². The van der Waals surface area contributed by atoms with Gasteiger partial charge < -0.3 is 15.0 Å². The van der Waals surface area contributed by atoms with Crippen molar-refractivity contribution in [3.05, 3.63) is 30.3 Å². The molecule has 0 radical (unpaired) electrons. The van der Waals surface area contributed by atoms with Crippen LogP contribution in [0.2, 0.25) is 0 Å². The molecule has 0 aliphatic carbocycles. The van der Waals surface area contributed by atoms with Gasteiger partial charge >= 0.3 is 0 Å². The van der Waals surface area contributed by atoms with E-state index < -0.39 is 0 Å². The summed E-state index contributed by atoms with van der Waals surface area (Å²) in [5.41, 5.74) is 1.08. The van der Waals surface area contributed by atoms with E-state index in [0.717, 1.165) is 12.2 Å². The third kappa shape index (κ3) is 3.46. The number of carbonyl (C=O) groups is 1. The molecule has 1 N–H and O–H groups in total. The first kappa shape index (κ1) is 11.9. The van der Waals surface area contributed by atoms with Gasteiger partial charge in [0.1, 0.15) is 0 Å². The monoisotopic (exact) mass is 234 g/mol. The fourth-order valence-electron chi connectivity index (χ4n) is 1.92. The molecule has 1 aliphatic rings. The minimum absolute atomic E-state index is 0.0767. The van der Waals surface area contributed by atoms with Crippen LogP contribution in [-0.2, 0) is 9.53 Å². The molecule has 2 rings (SSSR count). The highest BCUT2D eigenvalue weighted by molar-refractivity contribution is 5.73. The summed E-state index contributed by atoms with van der Waals surface area (Å²) < 4.78 is 5.62. The SMILES string of the molecule is CC(=O)N1CCOC(CNc2ccccc2)C1. The van der Waals surface area contributed by atoms with Crippen molar-refractivity contribution in [3.63, 3.8) is 0 Å². The van der Waals surface area contributed by atoms with Crippen LogP contribution in [0, 0.1) is 0 Å². The fourth-order valence-corrected chi connectivity index (χ4v) is 1.92. The topological polar surface area (TPSA) is 41.6 Å². The van der Waals surface area contributed by atoms with E-state index in [9.17, 15) is 4.79 Å². The predicted molar refractivity (Wildman–Crippen MR) is 66.9 cm³/mol. The predicted octanol–water partition coefficient (Wildman–Crippen LogP) is 1.35. The molecular formula is C13H18N2O2. The molecule has 4 nitrogen and oxygen atoms in total. The van der Waals surface area contributed by atoms with E-state index in [-0.39, 0.29) is 12.0 Å². The van der Waals surface area contributed by atoms with Gasteiger partial charge in [-0.2, -0.15) is 0 Å². The average molecular weight is 234 g/mol. The zero-order valence-corrected chi connectivity index (χ0v) is 10.1. The molecule has 1 aliphatic heterocycles. The number of ether oxygens (including phenoxy) is 1. The Labute approximate surface area is 102 Å². The fraction of sp³-hybridized carbons (Fsp3) is 0.462. The molecule has 0 spiro atoms. The third-order valence-electron chi connectivity index (χ3n) is 2.89. The van der Waals surface area contributed by atoms with E-state index in [0.29, 0.717) is 19.7 Å². The molecule has 0 bridgehead atoms. The van der Waals surface area contributed by atoms with Crippen LogP contribution in [-0.4, -0.2) is 43.2 Å². The number of amides is 1. The van der Waals surface area contributed by atoms with Gasteiger partial charge in [-0.05, 0) is 12.1 Å². The lowest BCUT2D eigenvalue weighted by Crippen LogP contribution is -2.47. The Morgan fingerprint density at radius 3 is 2.94 bits per heavy atom. The summed E-state index contributed by atoms with van der Waals surface area (Å²) in [4.78, 5) is 13.1. The van der Waals surface area contributed by atoms with E-state index in [1.807, 2.05) is 35.2 Å². The van der Waals surface area contributed by atoms with Crippen LogP contribution >= 0.6 is 0 Å². The maximum absolute atomic E-state index is 11.3. The second-order valence-corrected chi connectivity index (χ2v) is 4.20. The van der Waals surface area contributed by atoms with Gasteiger partial charge in [0.15, 0.2) is 0 Å². The van der Waals surface area contributed by atoms with Crippen LogP contribution in [0.25, 0.3) is 0 Å². The molecule has 1 heterocycles. The van der Waals surface area contributed by atoms with Crippen molar-refractivity contribution in [2.24, 2.45) is 0 Å². The van der Waals surface area contributed by atoms with Crippen molar-refractivity contribution in [1.29, 1.82) is 0 Å². The van der Waals surface area contributed by atoms with Crippen molar-refractivity contribution >= 4 is 11.6 Å². The standard InChI is InChI=1S/C13H18N2O2/c1-11(16)15-7-8-17-13(10-15)9-14-12-5-3-2-4-6-12/h2-6,13-14H,7-10H2,1H3. The van der Waals surface area contributed by atoms with Gasteiger partial charge in [-0.1, -0.05) is 18.2 Å². The third-order valence-corrected chi connectivity index (χ3v) is 2.89. The average Bonchev–Trinajstić information content (AvgIpc) is 2.38. The number of anilines is 1. The molecule has 1 aromatic rings. The van der Waals surface area contributed by atoms with E-state index >= 15 is 0 Å². The summed E-state index contributed by atoms with van der Waals surface area (Å²) in [6, 6.07) is 10.0. The van der Waals surface area contributed by atoms with Gasteiger partial charge in [-0.15, -0.1) is 0 Å². The number of carbonyl (C=O) groups excluding carboxylic acids is 1. The Morgan fingerprint density at radius 1 is 1.47 bits per heavy atom. The molecule has 92 valence electrons. The van der Waals surface area contributed by atoms with Crippen LogP contribution in [0.4, 0.5) is 5.69 Å². The first-order chi connectivity index (χ1) is 8.25. The highest BCUT2D eigenvalue weighted by atomic mass is 16.5. The smallest absolute Gasteiger partial charge is 0.219 e. The number of benzene rings is 1. The number of nitrogens with zero attached hydrogens (tertiary/aromatic N) is 1. The molecule has 0 aromatic heterocycles. The van der Waals surface area contributed by atoms with Crippen molar-refractivity contribution in [2.75, 3.05) is 31.6 Å². The number of rotatable bonds is 3. The Morgan fingerprint density at radius 2 is 2.24 bits per heavy atom. The summed E-state index contributed by atoms with van der Waals surface area (Å²) in [5.74, 6) is 0.123. The molecular weight excluding hydrogens is 216 g/mol. The molecule has 1 saturated heterocycles. The maximum Gasteiger partial charge on any atom is 0.219 e. The van der Waals surface area contributed by atoms with Crippen LogP contribution in [0.1, 0.15) is 6.92 Å². The minimum Gasteiger partial charge on any atom is -0.382 e. The first-order valence-corrected chi connectivity index (χ1v) is 5.92. The molecule has 17 heavy (non-hydrogen) atoms. The highest BCUT2D eigenvalue weighted by Gasteiger charge is 2.21. The van der Waals surface area contributed by atoms with E-state index in [1.165, 1.54) is 0 Å². The van der Waals surface area contributed by atoms with Gasteiger partial charge in [0.05, 0.1) is 12.7 Å². The highest BCUT2D eigenvalue weighted by Crippen LogP contribution is 2.09. The second kappa shape index (κ2) is 5.68. The summed E-state index contributed by atoms with van der Waals surface area (Å²) in [6.07, 6.45) is 0.0767. The molecule has 4 heteroatoms. The minimum atomic E-state index is 0.0767. The first-order valence-electron chi connectivity index (χ1n) is 5.92. The van der Waals surface area contributed by atoms with Gasteiger partial charge in [0, 0.05) is 32.2 Å². The van der Waals surface area contributed by atoms with E-state index in [1.54, 1.807) is 6.92 Å². The number of hydrogen-bond donors (Lipinski definition) is 1. The summed E-state index contributed by atoms with van der Waals surface area (Å²) in [7, 11) is 0. The number of para-hydroxylation sites is 1. The molecule has 1 amide bonds. The molecule has 1 aromatic carbocycles. The zero-order chi connectivity index (χ0) is 12.1. The van der Waals surface area contributed by atoms with E-state index in [2.05, 4.69) is 5.32 Å². The van der Waals surface area contributed by atoms with Crippen LogP contribution < -0.4 is 5.32 Å². The van der Waals surface area contributed by atoms with Crippen LogP contribution in [0.15, 0.2) is 30.3 Å². The number of nitrogens with one attached hydrogen (secondary N) is 1. The van der Waals surface area contributed by atoms with E-state index in [4.69, 9.17) is 4.74 Å². The lowest BCUT2D eigenvalue weighted by atomic mass is 10.2. The Balaban J connectivity index is 1.81. The van der Waals surface area contributed by atoms with Crippen LogP contribution in [0.5, 0.6) is 0 Å². The van der Waals surface area contributed by atoms with Crippen LogP contribution in [0.3, 0.4) is 0 Å². The summed E-state index contributed by atoms with van der Waals surface area (Å²) >= 11 is 0. The molecule has 1 fully saturated rings. The normalized spacial score (nSPS) is 20.1.